The van der Waals surface area contributed by atoms with Gasteiger partial charge in [0.2, 0.25) is 5.88 Å². The van der Waals surface area contributed by atoms with Crippen LogP contribution in [0.15, 0.2) is 34.9 Å². The maximum Gasteiger partial charge on any atom is 0.433 e. The lowest BCUT2D eigenvalue weighted by Crippen LogP contribution is -2.01. The Balaban J connectivity index is 2.04. The van der Waals surface area contributed by atoms with Crippen LogP contribution in [-0.4, -0.2) is 17.0 Å². The Labute approximate surface area is 103 Å². The molecule has 0 aliphatic carbocycles. The number of methoxy groups -OCH3 is 1. The summed E-state index contributed by atoms with van der Waals surface area (Å²) in [6.07, 6.45) is 1.61. The average molecular weight is 249 g/mol. The minimum atomic E-state index is -0.575. The standard InChI is InChI=1S/C11H11N3O4/c1-17-11-9(3-2-6-12-11)13-7-8-4-5-10(18-8)14(15)16/h2-6,13H,7H2,1H3. The Morgan fingerprint density at radius 3 is 3.00 bits per heavy atom. The molecule has 1 N–H and O–H groups in total. The van der Waals surface area contributed by atoms with E-state index in [0.29, 0.717) is 23.9 Å². The second kappa shape index (κ2) is 5.17. The molecular weight excluding hydrogens is 238 g/mol. The molecule has 0 spiro atoms. The summed E-state index contributed by atoms with van der Waals surface area (Å²) in [4.78, 5) is 13.9. The van der Waals surface area contributed by atoms with Gasteiger partial charge in [0.15, 0.2) is 0 Å². The van der Waals surface area contributed by atoms with Crippen molar-refractivity contribution in [2.45, 2.75) is 6.54 Å². The van der Waals surface area contributed by atoms with Crippen LogP contribution >= 0.6 is 0 Å². The molecule has 0 aliphatic rings. The van der Waals surface area contributed by atoms with Crippen LogP contribution in [0.2, 0.25) is 0 Å². The molecular formula is C11H11N3O4. The first-order valence-electron chi connectivity index (χ1n) is 5.16. The topological polar surface area (TPSA) is 90.4 Å². The summed E-state index contributed by atoms with van der Waals surface area (Å²) < 4.78 is 10.1. The van der Waals surface area contributed by atoms with Crippen LogP contribution < -0.4 is 10.1 Å². The number of pyridine rings is 1. The number of anilines is 1. The molecule has 0 saturated heterocycles. The summed E-state index contributed by atoms with van der Waals surface area (Å²) in [6.45, 7) is 0.315. The molecule has 7 nitrogen and oxygen atoms in total. The summed E-state index contributed by atoms with van der Waals surface area (Å²) >= 11 is 0. The van der Waals surface area contributed by atoms with E-state index >= 15 is 0 Å². The maximum absolute atomic E-state index is 10.5. The lowest BCUT2D eigenvalue weighted by molar-refractivity contribution is -0.402. The third kappa shape index (κ3) is 2.57. The zero-order valence-corrected chi connectivity index (χ0v) is 9.62. The summed E-state index contributed by atoms with van der Waals surface area (Å²) in [5, 5.41) is 13.5. The van der Waals surface area contributed by atoms with E-state index in [9.17, 15) is 10.1 Å². The van der Waals surface area contributed by atoms with Gasteiger partial charge in [-0.05, 0) is 18.2 Å². The molecule has 0 unspecified atom stereocenters. The van der Waals surface area contributed by atoms with Gasteiger partial charge in [0.1, 0.15) is 10.7 Å². The van der Waals surface area contributed by atoms with E-state index in [1.165, 1.54) is 13.2 Å². The number of nitrogens with one attached hydrogen (secondary N) is 1. The minimum Gasteiger partial charge on any atom is -0.480 e. The van der Waals surface area contributed by atoms with Crippen molar-refractivity contribution in [3.8, 4) is 5.88 Å². The third-order valence-electron chi connectivity index (χ3n) is 2.24. The van der Waals surface area contributed by atoms with Crippen LogP contribution in [0.4, 0.5) is 11.6 Å². The van der Waals surface area contributed by atoms with Crippen molar-refractivity contribution in [3.63, 3.8) is 0 Å². The molecule has 0 aliphatic heterocycles. The molecule has 2 heterocycles. The van der Waals surface area contributed by atoms with Crippen LogP contribution in [0.25, 0.3) is 0 Å². The van der Waals surface area contributed by atoms with Gasteiger partial charge in [-0.25, -0.2) is 4.98 Å². The highest BCUT2D eigenvalue weighted by atomic mass is 16.6. The first-order valence-corrected chi connectivity index (χ1v) is 5.16. The Bertz CT molecular complexity index is 553. The molecule has 2 aromatic rings. The largest absolute Gasteiger partial charge is 0.480 e. The van der Waals surface area contributed by atoms with Crippen LogP contribution in [0.5, 0.6) is 5.88 Å². The zero-order valence-electron chi connectivity index (χ0n) is 9.62. The van der Waals surface area contributed by atoms with Gasteiger partial charge in [0, 0.05) is 6.20 Å². The van der Waals surface area contributed by atoms with Crippen molar-refractivity contribution in [2.75, 3.05) is 12.4 Å². The Kier molecular flexibility index (Phi) is 3.42. The van der Waals surface area contributed by atoms with Crippen LogP contribution in [0.1, 0.15) is 5.76 Å². The molecule has 0 aromatic carbocycles. The molecule has 2 rings (SSSR count). The summed E-state index contributed by atoms with van der Waals surface area (Å²) in [5.41, 5.74) is 0.694. The third-order valence-corrected chi connectivity index (χ3v) is 2.24. The van der Waals surface area contributed by atoms with E-state index < -0.39 is 4.92 Å². The summed E-state index contributed by atoms with van der Waals surface area (Å²) in [7, 11) is 1.52. The summed E-state index contributed by atoms with van der Waals surface area (Å²) in [5.74, 6) is 0.649. The van der Waals surface area contributed by atoms with Crippen LogP contribution in [0, 0.1) is 10.1 Å². The second-order valence-electron chi connectivity index (χ2n) is 3.41. The van der Waals surface area contributed by atoms with Gasteiger partial charge < -0.3 is 14.5 Å². The van der Waals surface area contributed by atoms with Gasteiger partial charge in [0.25, 0.3) is 0 Å². The highest BCUT2D eigenvalue weighted by Gasteiger charge is 2.12. The average Bonchev–Trinajstić information content (AvgIpc) is 2.85. The molecule has 94 valence electrons. The number of rotatable bonds is 5. The van der Waals surface area contributed by atoms with Crippen molar-refractivity contribution < 1.29 is 14.1 Å². The molecule has 2 aromatic heterocycles. The number of aromatic nitrogens is 1. The van der Waals surface area contributed by atoms with E-state index in [0.717, 1.165) is 0 Å². The smallest absolute Gasteiger partial charge is 0.433 e. The molecule has 7 heteroatoms. The van der Waals surface area contributed by atoms with E-state index in [2.05, 4.69) is 10.3 Å². The van der Waals surface area contributed by atoms with Gasteiger partial charge in [-0.3, -0.25) is 10.1 Å². The van der Waals surface area contributed by atoms with E-state index in [1.807, 2.05) is 0 Å². The fourth-order valence-corrected chi connectivity index (χ4v) is 1.43. The van der Waals surface area contributed by atoms with Gasteiger partial charge >= 0.3 is 5.88 Å². The fourth-order valence-electron chi connectivity index (χ4n) is 1.43. The highest BCUT2D eigenvalue weighted by Crippen LogP contribution is 2.22. The minimum absolute atomic E-state index is 0.273. The van der Waals surface area contributed by atoms with Crippen LogP contribution in [0.3, 0.4) is 0 Å². The quantitative estimate of drug-likeness (QED) is 0.645. The number of nitrogens with zero attached hydrogens (tertiary/aromatic N) is 2. The first-order chi connectivity index (χ1) is 8.70. The van der Waals surface area contributed by atoms with Crippen molar-refractivity contribution >= 4 is 11.6 Å². The Hall–Kier alpha value is -2.57. The van der Waals surface area contributed by atoms with E-state index in [1.54, 1.807) is 24.4 Å². The van der Waals surface area contributed by atoms with Crippen molar-refractivity contribution in [1.29, 1.82) is 0 Å². The summed E-state index contributed by atoms with van der Waals surface area (Å²) in [6, 6.07) is 6.42. The fraction of sp³-hybridized carbons (Fsp3) is 0.182. The van der Waals surface area contributed by atoms with E-state index in [-0.39, 0.29) is 5.88 Å². The normalized spacial score (nSPS) is 10.1. The number of nitro groups is 1. The lowest BCUT2D eigenvalue weighted by atomic mass is 10.3. The Morgan fingerprint density at radius 1 is 1.50 bits per heavy atom. The SMILES string of the molecule is COc1ncccc1NCc1ccc([N+](=O)[O-])o1. The predicted octanol–water partition coefficient (Wildman–Crippen LogP) is 2.20. The number of hydrogen-bond donors (Lipinski definition) is 1. The van der Waals surface area contributed by atoms with Gasteiger partial charge in [-0.15, -0.1) is 0 Å². The predicted molar refractivity (Wildman–Crippen MR) is 63.5 cm³/mol. The number of ether oxygens (including phenoxy) is 1. The van der Waals surface area contributed by atoms with Crippen molar-refractivity contribution in [1.82, 2.24) is 4.98 Å². The molecule has 0 bridgehead atoms. The molecule has 0 atom stereocenters. The molecule has 18 heavy (non-hydrogen) atoms. The second-order valence-corrected chi connectivity index (χ2v) is 3.41. The molecule has 0 amide bonds. The molecule has 0 saturated carbocycles. The molecule has 0 fully saturated rings. The van der Waals surface area contributed by atoms with Crippen molar-refractivity contribution in [2.24, 2.45) is 0 Å². The first kappa shape index (κ1) is 11.9. The van der Waals surface area contributed by atoms with Gasteiger partial charge in [0.05, 0.1) is 25.4 Å². The van der Waals surface area contributed by atoms with Crippen molar-refractivity contribution in [3.05, 3.63) is 46.3 Å². The number of hydrogen-bond acceptors (Lipinski definition) is 6. The number of furan rings is 1. The Morgan fingerprint density at radius 2 is 2.33 bits per heavy atom. The van der Waals surface area contributed by atoms with Gasteiger partial charge in [-0.2, -0.15) is 0 Å². The highest BCUT2D eigenvalue weighted by molar-refractivity contribution is 5.52. The monoisotopic (exact) mass is 249 g/mol. The lowest BCUT2D eigenvalue weighted by Gasteiger charge is -2.07. The van der Waals surface area contributed by atoms with E-state index in [4.69, 9.17) is 9.15 Å². The zero-order chi connectivity index (χ0) is 13.0. The van der Waals surface area contributed by atoms with Crippen LogP contribution in [-0.2, 0) is 6.54 Å². The molecule has 0 radical (unpaired) electrons. The van der Waals surface area contributed by atoms with Gasteiger partial charge in [-0.1, -0.05) is 0 Å². The maximum atomic E-state index is 10.5.